The molecule has 268 valence electrons. The highest BCUT2D eigenvalue weighted by Crippen LogP contribution is 2.42. The highest BCUT2D eigenvalue weighted by atomic mass is 15.1. The Balaban J connectivity index is 1.11. The lowest BCUT2D eigenvalue weighted by Gasteiger charge is -2.27. The zero-order valence-electron chi connectivity index (χ0n) is 31.2. The lowest BCUT2D eigenvalue weighted by molar-refractivity contribution is 1.17. The molecule has 0 spiro atoms. The molecule has 11 rings (SSSR count). The van der Waals surface area contributed by atoms with E-state index in [0.29, 0.717) is 0 Å². The van der Waals surface area contributed by atoms with Gasteiger partial charge < -0.3 is 14.0 Å². The van der Waals surface area contributed by atoms with E-state index in [0.717, 1.165) is 34.0 Å². The van der Waals surface area contributed by atoms with Gasteiger partial charge in [-0.05, 0) is 89.5 Å². The molecule has 0 saturated carbocycles. The molecule has 2 heterocycles. The third kappa shape index (κ3) is 5.51. The maximum Gasteiger partial charge on any atom is 0.0619 e. The molecule has 0 amide bonds. The van der Waals surface area contributed by atoms with Gasteiger partial charge >= 0.3 is 0 Å². The molecule has 3 nitrogen and oxygen atoms in total. The van der Waals surface area contributed by atoms with Gasteiger partial charge in [0, 0.05) is 55.5 Å². The maximum absolute atomic E-state index is 2.42. The number of hydrogen-bond acceptors (Lipinski definition) is 1. The van der Waals surface area contributed by atoms with Crippen LogP contribution in [0.5, 0.6) is 0 Å². The lowest BCUT2D eigenvalue weighted by atomic mass is 10.0. The Hall–Kier alpha value is -7.62. The van der Waals surface area contributed by atoms with Gasteiger partial charge in [-0.25, -0.2) is 0 Å². The Bertz CT molecular complexity index is 3170. The summed E-state index contributed by atoms with van der Waals surface area (Å²) in [6.07, 6.45) is 0. The van der Waals surface area contributed by atoms with Crippen LogP contribution in [0.1, 0.15) is 0 Å². The van der Waals surface area contributed by atoms with Gasteiger partial charge in [0.2, 0.25) is 0 Å². The zero-order chi connectivity index (χ0) is 37.7. The highest BCUT2D eigenvalue weighted by molar-refractivity contribution is 6.14. The van der Waals surface area contributed by atoms with Crippen LogP contribution < -0.4 is 4.90 Å². The number of anilines is 3. The summed E-state index contributed by atoms with van der Waals surface area (Å²) in [6.45, 7) is 0. The van der Waals surface area contributed by atoms with Crippen molar-refractivity contribution in [3.05, 3.63) is 224 Å². The third-order valence-electron chi connectivity index (χ3n) is 11.3. The lowest BCUT2D eigenvalue weighted by Crippen LogP contribution is -2.10. The van der Waals surface area contributed by atoms with Gasteiger partial charge in [0.15, 0.2) is 0 Å². The van der Waals surface area contributed by atoms with Crippen molar-refractivity contribution in [2.24, 2.45) is 0 Å². The molecule has 3 heteroatoms. The number of para-hydroxylation sites is 5. The minimum Gasteiger partial charge on any atom is -0.310 e. The van der Waals surface area contributed by atoms with Gasteiger partial charge in [0.25, 0.3) is 0 Å². The molecule has 0 aliphatic heterocycles. The van der Waals surface area contributed by atoms with Crippen molar-refractivity contribution in [3.63, 3.8) is 0 Å². The molecule has 0 aliphatic carbocycles. The molecule has 0 N–H and O–H groups in total. The van der Waals surface area contributed by atoms with Gasteiger partial charge in [0.1, 0.15) is 0 Å². The molecule has 0 unspecified atom stereocenters. The molecule has 57 heavy (non-hydrogen) atoms. The van der Waals surface area contributed by atoms with E-state index in [1.54, 1.807) is 0 Å². The minimum atomic E-state index is 1.08. The number of nitrogens with zero attached hydrogens (tertiary/aromatic N) is 3. The molecular weight excluding hydrogens is 691 g/mol. The first-order chi connectivity index (χ1) is 28.3. The Morgan fingerprint density at radius 3 is 1.44 bits per heavy atom. The molecule has 0 fully saturated rings. The number of fused-ring (bicyclic) bond motifs is 6. The average molecular weight is 728 g/mol. The van der Waals surface area contributed by atoms with Crippen LogP contribution in [-0.2, 0) is 0 Å². The second kappa shape index (κ2) is 13.6. The van der Waals surface area contributed by atoms with Crippen LogP contribution in [-0.4, -0.2) is 9.13 Å². The van der Waals surface area contributed by atoms with Gasteiger partial charge in [-0.1, -0.05) is 152 Å². The zero-order valence-corrected chi connectivity index (χ0v) is 31.2. The van der Waals surface area contributed by atoms with E-state index in [2.05, 4.69) is 238 Å². The normalized spacial score (nSPS) is 11.5. The van der Waals surface area contributed by atoms with Crippen LogP contribution in [0.15, 0.2) is 224 Å². The predicted octanol–water partition coefficient (Wildman–Crippen LogP) is 14.7. The maximum atomic E-state index is 2.42. The second-order valence-electron chi connectivity index (χ2n) is 14.6. The Morgan fingerprint density at radius 2 is 0.754 bits per heavy atom. The molecule has 0 atom stereocenters. The van der Waals surface area contributed by atoms with E-state index in [4.69, 9.17) is 0 Å². The van der Waals surface area contributed by atoms with Gasteiger partial charge in [-0.2, -0.15) is 0 Å². The fourth-order valence-corrected chi connectivity index (χ4v) is 8.76. The average Bonchev–Trinajstić information content (AvgIpc) is 3.81. The van der Waals surface area contributed by atoms with E-state index in [1.807, 2.05) is 0 Å². The smallest absolute Gasteiger partial charge is 0.0619 e. The molecule has 0 saturated heterocycles. The van der Waals surface area contributed by atoms with Crippen LogP contribution in [0.2, 0.25) is 0 Å². The molecule has 0 radical (unpaired) electrons. The van der Waals surface area contributed by atoms with Gasteiger partial charge in [0.05, 0.1) is 22.1 Å². The van der Waals surface area contributed by atoms with Crippen molar-refractivity contribution in [3.8, 4) is 33.6 Å². The first-order valence-electron chi connectivity index (χ1n) is 19.5. The Kier molecular flexibility index (Phi) is 7.82. The number of benzene rings is 9. The van der Waals surface area contributed by atoms with Crippen molar-refractivity contribution in [1.29, 1.82) is 0 Å². The largest absolute Gasteiger partial charge is 0.310 e. The summed E-state index contributed by atoms with van der Waals surface area (Å²) in [5.74, 6) is 0. The van der Waals surface area contributed by atoms with Gasteiger partial charge in [-0.15, -0.1) is 0 Å². The van der Waals surface area contributed by atoms with Crippen LogP contribution in [0, 0.1) is 0 Å². The third-order valence-corrected chi connectivity index (χ3v) is 11.3. The van der Waals surface area contributed by atoms with Crippen molar-refractivity contribution in [2.75, 3.05) is 4.90 Å². The van der Waals surface area contributed by atoms with E-state index < -0.39 is 0 Å². The van der Waals surface area contributed by atoms with E-state index in [9.17, 15) is 0 Å². The van der Waals surface area contributed by atoms with Crippen molar-refractivity contribution in [1.82, 2.24) is 9.13 Å². The molecule has 2 aromatic heterocycles. The fourth-order valence-electron chi connectivity index (χ4n) is 8.76. The quantitative estimate of drug-likeness (QED) is 0.159. The highest BCUT2D eigenvalue weighted by Gasteiger charge is 2.20. The van der Waals surface area contributed by atoms with Crippen molar-refractivity contribution >= 4 is 60.7 Å². The molecule has 9 aromatic carbocycles. The first kappa shape index (κ1) is 32.8. The summed E-state index contributed by atoms with van der Waals surface area (Å²) in [7, 11) is 0. The fraction of sp³-hybridized carbons (Fsp3) is 0. The van der Waals surface area contributed by atoms with Crippen LogP contribution >= 0.6 is 0 Å². The van der Waals surface area contributed by atoms with E-state index in [1.165, 1.54) is 60.3 Å². The second-order valence-corrected chi connectivity index (χ2v) is 14.6. The van der Waals surface area contributed by atoms with E-state index >= 15 is 0 Å². The minimum absolute atomic E-state index is 1.08. The topological polar surface area (TPSA) is 13.1 Å². The molecule has 0 aliphatic rings. The van der Waals surface area contributed by atoms with E-state index in [-0.39, 0.29) is 0 Å². The summed E-state index contributed by atoms with van der Waals surface area (Å²) < 4.78 is 4.81. The first-order valence-corrected chi connectivity index (χ1v) is 19.5. The summed E-state index contributed by atoms with van der Waals surface area (Å²) in [5, 5.41) is 4.99. The van der Waals surface area contributed by atoms with Crippen molar-refractivity contribution in [2.45, 2.75) is 0 Å². The summed E-state index contributed by atoms with van der Waals surface area (Å²) in [4.78, 5) is 2.39. The van der Waals surface area contributed by atoms with Crippen LogP contribution in [0.4, 0.5) is 17.1 Å². The molecular formula is C54H37N3. The predicted molar refractivity (Wildman–Crippen MR) is 241 cm³/mol. The number of rotatable bonds is 7. The number of hydrogen-bond donors (Lipinski definition) is 0. The van der Waals surface area contributed by atoms with Crippen LogP contribution in [0.3, 0.4) is 0 Å². The Labute approximate surface area is 331 Å². The summed E-state index contributed by atoms with van der Waals surface area (Å²) in [6, 6.07) is 81.1. The SMILES string of the molecule is c1ccc(-c2ccc(N(c3cccc(-c4cccc5c6ccccc6n(-c6ccccc6)c45)c3)c3cccc(-n4c5ccccc5c5ccccc54)c3)cc2)cc1. The molecule has 0 bridgehead atoms. The van der Waals surface area contributed by atoms with Crippen LogP contribution in [0.25, 0.3) is 77.2 Å². The van der Waals surface area contributed by atoms with Gasteiger partial charge in [-0.3, -0.25) is 0 Å². The summed E-state index contributed by atoms with van der Waals surface area (Å²) >= 11 is 0. The molecule has 11 aromatic rings. The Morgan fingerprint density at radius 1 is 0.281 bits per heavy atom. The van der Waals surface area contributed by atoms with Crippen molar-refractivity contribution < 1.29 is 0 Å². The standard InChI is InChI=1S/C54H37N3/c1-3-16-38(17-4-1)39-32-34-42(35-33-39)55(44-22-14-23-45(37-44)56-51-29-10-7-24-47(51)48-25-8-11-30-52(48)56)43-21-13-18-40(36-43)46-27-15-28-50-49-26-9-12-31-53(49)57(54(46)50)41-19-5-2-6-20-41/h1-37H. The monoisotopic (exact) mass is 727 g/mol. The number of aromatic nitrogens is 2. The summed E-state index contributed by atoms with van der Waals surface area (Å²) in [5.41, 5.74) is 15.0.